The molecule has 0 radical (unpaired) electrons. The molecule has 0 saturated carbocycles. The van der Waals surface area contributed by atoms with Gasteiger partial charge in [0.1, 0.15) is 12.1 Å². The van der Waals surface area contributed by atoms with Gasteiger partial charge in [-0.05, 0) is 32.0 Å². The first-order valence-electron chi connectivity index (χ1n) is 6.77. The van der Waals surface area contributed by atoms with E-state index < -0.39 is 4.92 Å². The fraction of sp³-hybridized carbons (Fsp3) is 0.143. The van der Waals surface area contributed by atoms with Crippen LogP contribution in [0.3, 0.4) is 0 Å². The number of nitro groups is 1. The first kappa shape index (κ1) is 14.6. The first-order chi connectivity index (χ1) is 11.1. The number of anilines is 2. The minimum atomic E-state index is -0.531. The maximum Gasteiger partial charge on any atom is 0.356 e. The van der Waals surface area contributed by atoms with E-state index in [0.29, 0.717) is 5.82 Å². The van der Waals surface area contributed by atoms with Gasteiger partial charge in [-0.2, -0.15) is 5.10 Å². The molecule has 0 aliphatic carbocycles. The first-order valence-corrected chi connectivity index (χ1v) is 6.77. The standard InChI is InChI=1S/C14H13N7O2/c1-9-7-10(2)20(19-9)14-12(21(22)23)13(16-8-17-14)18-11-5-3-4-6-15-11/h3-8H,1-2H3,(H,15,16,17,18). The highest BCUT2D eigenvalue weighted by Gasteiger charge is 2.26. The lowest BCUT2D eigenvalue weighted by Crippen LogP contribution is -2.10. The van der Waals surface area contributed by atoms with Crippen molar-refractivity contribution in [2.45, 2.75) is 13.8 Å². The number of nitrogens with zero attached hydrogens (tertiary/aromatic N) is 6. The zero-order valence-corrected chi connectivity index (χ0v) is 12.5. The maximum absolute atomic E-state index is 11.5. The Balaban J connectivity index is 2.13. The molecule has 0 aromatic carbocycles. The van der Waals surface area contributed by atoms with E-state index in [-0.39, 0.29) is 17.3 Å². The van der Waals surface area contributed by atoms with Gasteiger partial charge >= 0.3 is 5.69 Å². The van der Waals surface area contributed by atoms with Gasteiger partial charge in [0.2, 0.25) is 11.6 Å². The molecule has 1 N–H and O–H groups in total. The molecule has 3 rings (SSSR count). The Morgan fingerprint density at radius 3 is 2.65 bits per heavy atom. The largest absolute Gasteiger partial charge is 0.356 e. The minimum absolute atomic E-state index is 0.0613. The van der Waals surface area contributed by atoms with Crippen LogP contribution in [0.2, 0.25) is 0 Å². The van der Waals surface area contributed by atoms with Crippen molar-refractivity contribution < 1.29 is 4.92 Å². The van der Waals surface area contributed by atoms with E-state index in [4.69, 9.17) is 0 Å². The second-order valence-corrected chi connectivity index (χ2v) is 4.83. The summed E-state index contributed by atoms with van der Waals surface area (Å²) in [5.74, 6) is 0.619. The number of rotatable bonds is 4. The van der Waals surface area contributed by atoms with Gasteiger partial charge < -0.3 is 5.32 Å². The van der Waals surface area contributed by atoms with Crippen LogP contribution >= 0.6 is 0 Å². The van der Waals surface area contributed by atoms with Gasteiger partial charge in [-0.3, -0.25) is 10.1 Å². The third-order valence-electron chi connectivity index (χ3n) is 3.11. The Bertz CT molecular complexity index is 861. The molecule has 0 aliphatic rings. The van der Waals surface area contributed by atoms with Crippen molar-refractivity contribution in [3.8, 4) is 5.82 Å². The van der Waals surface area contributed by atoms with Gasteiger partial charge in [0.25, 0.3) is 0 Å². The number of aryl methyl sites for hydroxylation is 2. The smallest absolute Gasteiger partial charge is 0.319 e. The number of hydrogen-bond donors (Lipinski definition) is 1. The lowest BCUT2D eigenvalue weighted by Gasteiger charge is -2.08. The second-order valence-electron chi connectivity index (χ2n) is 4.83. The fourth-order valence-corrected chi connectivity index (χ4v) is 2.19. The van der Waals surface area contributed by atoms with Gasteiger partial charge in [0.05, 0.1) is 10.6 Å². The molecule has 0 atom stereocenters. The van der Waals surface area contributed by atoms with Crippen molar-refractivity contribution in [3.05, 3.63) is 58.3 Å². The second kappa shape index (κ2) is 5.79. The Labute approximate surface area is 131 Å². The summed E-state index contributed by atoms with van der Waals surface area (Å²) in [5.41, 5.74) is 1.23. The van der Waals surface area contributed by atoms with Crippen LogP contribution in [0.25, 0.3) is 5.82 Å². The number of hydrogen-bond acceptors (Lipinski definition) is 7. The number of pyridine rings is 1. The number of aromatic nitrogens is 5. The third-order valence-corrected chi connectivity index (χ3v) is 3.11. The highest BCUT2D eigenvalue weighted by molar-refractivity contribution is 5.68. The Hall–Kier alpha value is -3.36. The molecule has 116 valence electrons. The van der Waals surface area contributed by atoms with Crippen LogP contribution in [0.1, 0.15) is 11.4 Å². The molecule has 0 aliphatic heterocycles. The van der Waals surface area contributed by atoms with E-state index in [1.54, 1.807) is 31.3 Å². The van der Waals surface area contributed by atoms with Gasteiger partial charge in [0.15, 0.2) is 0 Å². The van der Waals surface area contributed by atoms with Crippen LogP contribution in [0.15, 0.2) is 36.8 Å². The van der Waals surface area contributed by atoms with Crippen LogP contribution in [0.5, 0.6) is 0 Å². The summed E-state index contributed by atoms with van der Waals surface area (Å²) in [7, 11) is 0. The quantitative estimate of drug-likeness (QED) is 0.581. The molecule has 9 nitrogen and oxygen atoms in total. The van der Waals surface area contributed by atoms with Crippen LogP contribution in [-0.2, 0) is 0 Å². The Morgan fingerprint density at radius 1 is 1.22 bits per heavy atom. The van der Waals surface area contributed by atoms with Crippen molar-refractivity contribution in [1.82, 2.24) is 24.7 Å². The predicted molar refractivity (Wildman–Crippen MR) is 82.8 cm³/mol. The van der Waals surface area contributed by atoms with Crippen molar-refractivity contribution in [3.63, 3.8) is 0 Å². The monoisotopic (exact) mass is 311 g/mol. The molecular formula is C14H13N7O2. The van der Waals surface area contributed by atoms with Crippen LogP contribution < -0.4 is 5.32 Å². The molecule has 23 heavy (non-hydrogen) atoms. The SMILES string of the molecule is Cc1cc(C)n(-c2ncnc(Nc3ccccn3)c2[N+](=O)[O-])n1. The van der Waals surface area contributed by atoms with Crippen molar-refractivity contribution >= 4 is 17.3 Å². The van der Waals surface area contributed by atoms with E-state index in [2.05, 4.69) is 25.4 Å². The molecule has 9 heteroatoms. The normalized spacial score (nSPS) is 10.5. The topological polar surface area (TPSA) is 112 Å². The average molecular weight is 311 g/mol. The highest BCUT2D eigenvalue weighted by atomic mass is 16.6. The summed E-state index contributed by atoms with van der Waals surface area (Å²) in [6, 6.07) is 7.03. The van der Waals surface area contributed by atoms with Crippen molar-refractivity contribution in [2.24, 2.45) is 0 Å². The lowest BCUT2D eigenvalue weighted by atomic mass is 10.3. The third kappa shape index (κ3) is 2.84. The van der Waals surface area contributed by atoms with E-state index in [1.165, 1.54) is 11.0 Å². The minimum Gasteiger partial charge on any atom is -0.319 e. The molecule has 0 fully saturated rings. The Kier molecular flexibility index (Phi) is 3.67. The molecule has 0 amide bonds. The highest BCUT2D eigenvalue weighted by Crippen LogP contribution is 2.29. The van der Waals surface area contributed by atoms with Crippen LogP contribution in [-0.4, -0.2) is 29.7 Å². The molecule has 0 saturated heterocycles. The zero-order valence-electron chi connectivity index (χ0n) is 12.5. The van der Waals surface area contributed by atoms with Crippen LogP contribution in [0.4, 0.5) is 17.3 Å². The van der Waals surface area contributed by atoms with Crippen LogP contribution in [0, 0.1) is 24.0 Å². The lowest BCUT2D eigenvalue weighted by molar-refractivity contribution is -0.384. The van der Waals surface area contributed by atoms with Gasteiger partial charge in [-0.15, -0.1) is 0 Å². The molecular weight excluding hydrogens is 298 g/mol. The van der Waals surface area contributed by atoms with Crippen molar-refractivity contribution in [1.29, 1.82) is 0 Å². The van der Waals surface area contributed by atoms with Gasteiger partial charge in [-0.1, -0.05) is 6.07 Å². The van der Waals surface area contributed by atoms with Crippen molar-refractivity contribution in [2.75, 3.05) is 5.32 Å². The van der Waals surface area contributed by atoms with Gasteiger partial charge in [-0.25, -0.2) is 19.6 Å². The van der Waals surface area contributed by atoms with E-state index in [9.17, 15) is 10.1 Å². The zero-order chi connectivity index (χ0) is 16.4. The molecule has 3 heterocycles. The summed E-state index contributed by atoms with van der Waals surface area (Å²) >= 11 is 0. The summed E-state index contributed by atoms with van der Waals surface area (Å²) in [6.07, 6.45) is 2.83. The van der Waals surface area contributed by atoms with E-state index in [0.717, 1.165) is 11.4 Å². The molecule has 0 unspecified atom stereocenters. The summed E-state index contributed by atoms with van der Waals surface area (Å²) < 4.78 is 1.43. The summed E-state index contributed by atoms with van der Waals surface area (Å²) in [4.78, 5) is 23.1. The number of nitrogens with one attached hydrogen (secondary N) is 1. The fourth-order valence-electron chi connectivity index (χ4n) is 2.19. The summed E-state index contributed by atoms with van der Waals surface area (Å²) in [5, 5.41) is 18.6. The average Bonchev–Trinajstić information content (AvgIpc) is 2.86. The van der Waals surface area contributed by atoms with E-state index in [1.807, 2.05) is 13.0 Å². The Morgan fingerprint density at radius 2 is 2.04 bits per heavy atom. The molecule has 0 bridgehead atoms. The predicted octanol–water partition coefficient (Wildman–Crippen LogP) is 2.33. The maximum atomic E-state index is 11.5. The molecule has 3 aromatic rings. The molecule has 3 aromatic heterocycles. The van der Waals surface area contributed by atoms with Gasteiger partial charge in [0, 0.05) is 11.9 Å². The molecule has 0 spiro atoms. The van der Waals surface area contributed by atoms with E-state index >= 15 is 0 Å². The summed E-state index contributed by atoms with van der Waals surface area (Å²) in [6.45, 7) is 3.61.